The van der Waals surface area contributed by atoms with Gasteiger partial charge >= 0.3 is 0 Å². The number of nitrogens with one attached hydrogen (secondary N) is 1. The number of carbonyl (C=O) groups excluding carboxylic acids is 2. The molecule has 1 N–H and O–H groups in total. The molecular formula is C22H26N2O5. The Morgan fingerprint density at radius 2 is 1.72 bits per heavy atom. The molecule has 2 aromatic carbocycles. The van der Waals surface area contributed by atoms with Crippen LogP contribution >= 0.6 is 0 Å². The first kappa shape index (κ1) is 20.5. The third-order valence-corrected chi connectivity index (χ3v) is 5.02. The molecule has 0 unspecified atom stereocenters. The van der Waals surface area contributed by atoms with Crippen LogP contribution in [0.4, 0.5) is 5.69 Å². The Bertz CT molecular complexity index is 900. The molecule has 0 atom stereocenters. The second kappa shape index (κ2) is 8.86. The molecule has 2 aromatic rings. The second-order valence-corrected chi connectivity index (χ2v) is 6.71. The molecule has 0 saturated carbocycles. The Hall–Kier alpha value is -3.22. The van der Waals surface area contributed by atoms with E-state index in [9.17, 15) is 9.59 Å². The first-order chi connectivity index (χ1) is 14.0. The maximum Gasteiger partial charge on any atom is 0.251 e. The Morgan fingerprint density at radius 3 is 2.31 bits per heavy atom. The number of hydrogen-bond acceptors (Lipinski definition) is 5. The number of hydrogen-bond donors (Lipinski definition) is 1. The molecule has 29 heavy (non-hydrogen) atoms. The molecule has 1 aliphatic heterocycles. The highest BCUT2D eigenvalue weighted by Crippen LogP contribution is 2.38. The molecular weight excluding hydrogens is 372 g/mol. The summed E-state index contributed by atoms with van der Waals surface area (Å²) < 4.78 is 15.9. The summed E-state index contributed by atoms with van der Waals surface area (Å²) >= 11 is 0. The lowest BCUT2D eigenvalue weighted by Gasteiger charge is -2.16. The van der Waals surface area contributed by atoms with Crippen molar-refractivity contribution >= 4 is 17.5 Å². The van der Waals surface area contributed by atoms with Gasteiger partial charge in [-0.3, -0.25) is 9.59 Å². The lowest BCUT2D eigenvalue weighted by Crippen LogP contribution is -2.27. The average molecular weight is 398 g/mol. The van der Waals surface area contributed by atoms with Gasteiger partial charge in [-0.2, -0.15) is 0 Å². The Morgan fingerprint density at radius 1 is 1.03 bits per heavy atom. The molecule has 0 aliphatic carbocycles. The highest BCUT2D eigenvalue weighted by Gasteiger charge is 2.23. The molecule has 0 radical (unpaired) electrons. The SMILES string of the molecule is CCC(=O)N1CCc2cc(CNC(=O)c3cc(OC)c(OC)c(OC)c3)ccc21. The van der Waals surface area contributed by atoms with Crippen LogP contribution in [0.5, 0.6) is 17.2 Å². The molecule has 154 valence electrons. The van der Waals surface area contributed by atoms with Crippen molar-refractivity contribution in [3.05, 3.63) is 47.0 Å². The fraction of sp³-hybridized carbons (Fsp3) is 0.364. The monoisotopic (exact) mass is 398 g/mol. The fourth-order valence-electron chi connectivity index (χ4n) is 3.51. The van der Waals surface area contributed by atoms with E-state index in [0.717, 1.165) is 23.2 Å². The number of rotatable bonds is 7. The summed E-state index contributed by atoms with van der Waals surface area (Å²) in [6, 6.07) is 9.18. The molecule has 7 nitrogen and oxygen atoms in total. The van der Waals surface area contributed by atoms with Crippen molar-refractivity contribution in [2.45, 2.75) is 26.3 Å². The summed E-state index contributed by atoms with van der Waals surface area (Å²) in [7, 11) is 4.54. The van der Waals surface area contributed by atoms with Crippen LogP contribution in [0, 0.1) is 0 Å². The minimum Gasteiger partial charge on any atom is -0.493 e. The maximum absolute atomic E-state index is 12.7. The van der Waals surface area contributed by atoms with E-state index in [1.54, 1.807) is 12.1 Å². The zero-order chi connectivity index (χ0) is 21.0. The molecule has 0 aromatic heterocycles. The molecule has 3 rings (SSSR count). The van der Waals surface area contributed by atoms with E-state index in [0.29, 0.717) is 42.3 Å². The normalized spacial score (nSPS) is 12.3. The van der Waals surface area contributed by atoms with Gasteiger partial charge in [0.2, 0.25) is 11.7 Å². The highest BCUT2D eigenvalue weighted by atomic mass is 16.5. The van der Waals surface area contributed by atoms with Gasteiger partial charge in [0.15, 0.2) is 11.5 Å². The molecule has 1 heterocycles. The second-order valence-electron chi connectivity index (χ2n) is 6.71. The third kappa shape index (κ3) is 4.13. The van der Waals surface area contributed by atoms with Crippen LogP contribution in [0.25, 0.3) is 0 Å². The molecule has 0 spiro atoms. The quantitative estimate of drug-likeness (QED) is 0.776. The molecule has 0 fully saturated rings. The molecule has 7 heteroatoms. The number of carbonyl (C=O) groups is 2. The Labute approximate surface area is 170 Å². The first-order valence-electron chi connectivity index (χ1n) is 9.52. The zero-order valence-corrected chi connectivity index (χ0v) is 17.2. The van der Waals surface area contributed by atoms with Crippen molar-refractivity contribution in [2.75, 3.05) is 32.8 Å². The maximum atomic E-state index is 12.7. The van der Waals surface area contributed by atoms with Crippen molar-refractivity contribution in [1.29, 1.82) is 0 Å². The van der Waals surface area contributed by atoms with Crippen LogP contribution in [0.2, 0.25) is 0 Å². The van der Waals surface area contributed by atoms with E-state index in [1.165, 1.54) is 21.3 Å². The summed E-state index contributed by atoms with van der Waals surface area (Å²) in [6.07, 6.45) is 1.32. The smallest absolute Gasteiger partial charge is 0.251 e. The van der Waals surface area contributed by atoms with Gasteiger partial charge in [0.25, 0.3) is 5.91 Å². The summed E-state index contributed by atoms with van der Waals surface area (Å²) in [5.74, 6) is 1.18. The van der Waals surface area contributed by atoms with Crippen molar-refractivity contribution in [2.24, 2.45) is 0 Å². The largest absolute Gasteiger partial charge is 0.493 e. The summed E-state index contributed by atoms with van der Waals surface area (Å²) in [5.41, 5.74) is 3.50. The van der Waals surface area contributed by atoms with E-state index in [1.807, 2.05) is 30.0 Å². The lowest BCUT2D eigenvalue weighted by molar-refractivity contribution is -0.118. The van der Waals surface area contributed by atoms with Crippen molar-refractivity contribution in [3.8, 4) is 17.2 Å². The summed E-state index contributed by atoms with van der Waals surface area (Å²) in [6.45, 7) is 2.96. The standard InChI is InChI=1S/C22H26N2O5/c1-5-20(25)24-9-8-15-10-14(6-7-17(15)24)13-23-22(26)16-11-18(27-2)21(29-4)19(12-16)28-3/h6-7,10-12H,5,8-9,13H2,1-4H3,(H,23,26). The number of methoxy groups -OCH3 is 3. The van der Waals surface area contributed by atoms with Crippen molar-refractivity contribution < 1.29 is 23.8 Å². The van der Waals surface area contributed by atoms with Crippen LogP contribution in [-0.2, 0) is 17.8 Å². The first-order valence-corrected chi connectivity index (χ1v) is 9.52. The van der Waals surface area contributed by atoms with Crippen LogP contribution in [0.3, 0.4) is 0 Å². The van der Waals surface area contributed by atoms with Gasteiger partial charge in [-0.25, -0.2) is 0 Å². The minimum absolute atomic E-state index is 0.132. The van der Waals surface area contributed by atoms with Gasteiger partial charge < -0.3 is 24.4 Å². The Balaban J connectivity index is 1.73. The lowest BCUT2D eigenvalue weighted by atomic mass is 10.1. The van der Waals surface area contributed by atoms with Gasteiger partial charge in [-0.15, -0.1) is 0 Å². The number of fused-ring (bicyclic) bond motifs is 1. The van der Waals surface area contributed by atoms with Crippen LogP contribution < -0.4 is 24.4 Å². The van der Waals surface area contributed by atoms with E-state index in [2.05, 4.69) is 5.32 Å². The molecule has 2 amide bonds. The van der Waals surface area contributed by atoms with E-state index >= 15 is 0 Å². The minimum atomic E-state index is -0.243. The predicted octanol–water partition coefficient (Wildman–Crippen LogP) is 2.94. The van der Waals surface area contributed by atoms with Crippen LogP contribution in [0.15, 0.2) is 30.3 Å². The van der Waals surface area contributed by atoms with Gasteiger partial charge in [-0.1, -0.05) is 19.1 Å². The number of amides is 2. The molecule has 0 saturated heterocycles. The van der Waals surface area contributed by atoms with Gasteiger partial charge in [-0.05, 0) is 35.7 Å². The van der Waals surface area contributed by atoms with Crippen LogP contribution in [0.1, 0.15) is 34.8 Å². The summed E-state index contributed by atoms with van der Waals surface area (Å²) in [5, 5.41) is 2.92. The number of benzene rings is 2. The molecule has 0 bridgehead atoms. The fourth-order valence-corrected chi connectivity index (χ4v) is 3.51. The van der Waals surface area contributed by atoms with Crippen LogP contribution in [-0.4, -0.2) is 39.7 Å². The number of nitrogens with zero attached hydrogens (tertiary/aromatic N) is 1. The number of anilines is 1. The van der Waals surface area contributed by atoms with Gasteiger partial charge in [0, 0.05) is 30.8 Å². The topological polar surface area (TPSA) is 77.1 Å². The van der Waals surface area contributed by atoms with Gasteiger partial charge in [0.05, 0.1) is 21.3 Å². The molecule has 1 aliphatic rings. The Kier molecular flexibility index (Phi) is 6.26. The highest BCUT2D eigenvalue weighted by molar-refractivity contribution is 5.96. The van der Waals surface area contributed by atoms with E-state index in [-0.39, 0.29) is 11.8 Å². The number of ether oxygens (including phenoxy) is 3. The zero-order valence-electron chi connectivity index (χ0n) is 17.2. The van der Waals surface area contributed by atoms with E-state index < -0.39 is 0 Å². The van der Waals surface area contributed by atoms with Crippen molar-refractivity contribution in [1.82, 2.24) is 5.32 Å². The third-order valence-electron chi connectivity index (χ3n) is 5.02. The predicted molar refractivity (Wildman–Crippen MR) is 110 cm³/mol. The van der Waals surface area contributed by atoms with Gasteiger partial charge in [0.1, 0.15) is 0 Å². The van der Waals surface area contributed by atoms with Crippen molar-refractivity contribution in [3.63, 3.8) is 0 Å². The summed E-state index contributed by atoms with van der Waals surface area (Å²) in [4.78, 5) is 26.5. The average Bonchev–Trinajstić information content (AvgIpc) is 3.18. The van der Waals surface area contributed by atoms with E-state index in [4.69, 9.17) is 14.2 Å².